The number of hydrogen-bond acceptors (Lipinski definition) is 0. The Labute approximate surface area is 85.3 Å². The molecular formula is C10H21I-. The van der Waals surface area contributed by atoms with Crippen molar-refractivity contribution in [2.24, 2.45) is 11.8 Å². The molecule has 0 spiro atoms. The monoisotopic (exact) mass is 268 g/mol. The Morgan fingerprint density at radius 1 is 1.00 bits per heavy atom. The van der Waals surface area contributed by atoms with Crippen LogP contribution in [-0.4, -0.2) is 3.92 Å². The summed E-state index contributed by atoms with van der Waals surface area (Å²) in [7, 11) is 0. The van der Waals surface area contributed by atoms with E-state index in [4.69, 9.17) is 0 Å². The van der Waals surface area contributed by atoms with E-state index >= 15 is 0 Å². The minimum atomic E-state index is 0.882. The van der Waals surface area contributed by atoms with Crippen LogP contribution in [0, 0.1) is 11.8 Å². The van der Waals surface area contributed by atoms with Crippen LogP contribution in [0.5, 0.6) is 0 Å². The molecule has 0 saturated heterocycles. The normalized spacial score (nSPS) is 19.4. The van der Waals surface area contributed by atoms with Gasteiger partial charge in [-0.1, -0.05) is 52.9 Å². The second-order valence-electron chi connectivity index (χ2n) is 3.38. The van der Waals surface area contributed by atoms with Gasteiger partial charge in [-0.2, -0.15) is 3.92 Å². The van der Waals surface area contributed by atoms with Gasteiger partial charge >= 0.3 is 0 Å². The average molecular weight is 268 g/mol. The zero-order valence-corrected chi connectivity index (χ0v) is 10.4. The molecule has 69 valence electrons. The lowest BCUT2D eigenvalue weighted by Gasteiger charge is -2.35. The van der Waals surface area contributed by atoms with Crippen molar-refractivity contribution in [3.63, 3.8) is 0 Å². The maximum absolute atomic E-state index is 2.61. The molecule has 0 saturated carbocycles. The molecule has 0 aliphatic rings. The van der Waals surface area contributed by atoms with Crippen molar-refractivity contribution >= 4 is 0 Å². The lowest BCUT2D eigenvalue weighted by Crippen LogP contribution is -3.39. The van der Waals surface area contributed by atoms with Crippen molar-refractivity contribution in [3.8, 4) is 0 Å². The van der Waals surface area contributed by atoms with Crippen molar-refractivity contribution in [3.05, 3.63) is 0 Å². The molecule has 0 aromatic carbocycles. The molecule has 0 fully saturated rings. The number of alkyl halides is 1. The maximum Gasteiger partial charge on any atom is -0.0433 e. The van der Waals surface area contributed by atoms with E-state index in [9.17, 15) is 0 Å². The van der Waals surface area contributed by atoms with Gasteiger partial charge in [0.2, 0.25) is 0 Å². The second kappa shape index (κ2) is 6.27. The van der Waals surface area contributed by atoms with Gasteiger partial charge in [0.25, 0.3) is 0 Å². The van der Waals surface area contributed by atoms with E-state index in [0.717, 1.165) is 15.8 Å². The van der Waals surface area contributed by atoms with Crippen LogP contribution in [0.1, 0.15) is 47.0 Å². The summed E-state index contributed by atoms with van der Waals surface area (Å²) in [4.78, 5) is 0. The van der Waals surface area contributed by atoms with Gasteiger partial charge in [-0.25, -0.2) is 0 Å². The Morgan fingerprint density at radius 3 is 1.82 bits per heavy atom. The molecule has 1 heteroatoms. The molecule has 0 amide bonds. The standard InChI is InChI=1S/C10H21I/c1-5-8(4)9(6-2)10(11)7-3/h8-10H,5-7H2,1-4H3/q-1. The predicted molar refractivity (Wildman–Crippen MR) is 47.3 cm³/mol. The van der Waals surface area contributed by atoms with Crippen LogP contribution < -0.4 is 22.6 Å². The van der Waals surface area contributed by atoms with Crippen LogP contribution in [0.3, 0.4) is 0 Å². The van der Waals surface area contributed by atoms with Gasteiger partial charge in [-0.3, -0.25) is 0 Å². The third-order valence-corrected chi connectivity index (χ3v) is 4.51. The van der Waals surface area contributed by atoms with E-state index in [1.807, 2.05) is 0 Å². The van der Waals surface area contributed by atoms with Gasteiger partial charge in [-0.05, 0) is 5.92 Å². The van der Waals surface area contributed by atoms with E-state index < -0.39 is 0 Å². The first kappa shape index (κ1) is 11.7. The van der Waals surface area contributed by atoms with Crippen LogP contribution in [0.25, 0.3) is 0 Å². The molecule has 0 aliphatic carbocycles. The SMILES string of the molecule is CCC(C)C(CC)C([I-])CC. The fourth-order valence-electron chi connectivity index (χ4n) is 1.62. The van der Waals surface area contributed by atoms with E-state index in [1.165, 1.54) is 19.3 Å². The topological polar surface area (TPSA) is 0 Å². The molecule has 0 aliphatic heterocycles. The lowest BCUT2D eigenvalue weighted by molar-refractivity contribution is -0.437. The lowest BCUT2D eigenvalue weighted by atomic mass is 9.86. The third kappa shape index (κ3) is 3.77. The summed E-state index contributed by atoms with van der Waals surface area (Å²) in [5.74, 6) is 1.84. The fraction of sp³-hybridized carbons (Fsp3) is 1.00. The molecule has 0 rings (SSSR count). The highest BCUT2D eigenvalue weighted by Crippen LogP contribution is 2.21. The highest BCUT2D eigenvalue weighted by atomic mass is 127. The van der Waals surface area contributed by atoms with Crippen LogP contribution in [0.2, 0.25) is 0 Å². The van der Waals surface area contributed by atoms with Gasteiger partial charge in [-0.15, -0.1) is 0 Å². The summed E-state index contributed by atoms with van der Waals surface area (Å²) in [5.41, 5.74) is 0. The molecule has 0 aromatic heterocycles. The second-order valence-corrected chi connectivity index (χ2v) is 4.98. The van der Waals surface area contributed by atoms with Gasteiger partial charge in [0.05, 0.1) is 0 Å². The van der Waals surface area contributed by atoms with Crippen molar-refractivity contribution in [2.75, 3.05) is 0 Å². The summed E-state index contributed by atoms with van der Waals surface area (Å²) >= 11 is 2.61. The third-order valence-electron chi connectivity index (χ3n) is 2.70. The van der Waals surface area contributed by atoms with Crippen molar-refractivity contribution in [2.45, 2.75) is 50.9 Å². The van der Waals surface area contributed by atoms with Gasteiger partial charge in [0.15, 0.2) is 0 Å². The number of halogens is 1. The Morgan fingerprint density at radius 2 is 1.55 bits per heavy atom. The molecule has 0 heterocycles. The Hall–Kier alpha value is 0.730. The number of hydrogen-bond donors (Lipinski definition) is 0. The van der Waals surface area contributed by atoms with Gasteiger partial charge < -0.3 is 22.6 Å². The minimum Gasteiger partial charge on any atom is -0.793 e. The molecule has 11 heavy (non-hydrogen) atoms. The van der Waals surface area contributed by atoms with Crippen LogP contribution in [-0.2, 0) is 0 Å². The first-order valence-corrected chi connectivity index (χ1v) is 6.05. The first-order chi connectivity index (χ1) is 5.17. The van der Waals surface area contributed by atoms with Crippen LogP contribution in [0.15, 0.2) is 0 Å². The van der Waals surface area contributed by atoms with Crippen molar-refractivity contribution in [1.29, 1.82) is 0 Å². The smallest absolute Gasteiger partial charge is 0.0433 e. The maximum atomic E-state index is 2.61. The van der Waals surface area contributed by atoms with E-state index in [0.29, 0.717) is 0 Å². The summed E-state index contributed by atoms with van der Waals surface area (Å²) in [6, 6.07) is 0. The summed E-state index contributed by atoms with van der Waals surface area (Å²) in [6.07, 6.45) is 4.00. The van der Waals surface area contributed by atoms with Crippen LogP contribution >= 0.6 is 0 Å². The van der Waals surface area contributed by atoms with Gasteiger partial charge in [0, 0.05) is 0 Å². The summed E-state index contributed by atoms with van der Waals surface area (Å²) in [6.45, 7) is 9.29. The quantitative estimate of drug-likeness (QED) is 0.500. The number of rotatable bonds is 5. The molecule has 0 aromatic rings. The largest absolute Gasteiger partial charge is 0.793 e. The summed E-state index contributed by atoms with van der Waals surface area (Å²) in [5, 5.41) is 0. The molecule has 3 unspecified atom stereocenters. The van der Waals surface area contributed by atoms with Crippen molar-refractivity contribution in [1.82, 2.24) is 0 Å². The van der Waals surface area contributed by atoms with E-state index in [2.05, 4.69) is 50.3 Å². The fourth-order valence-corrected chi connectivity index (χ4v) is 2.84. The average Bonchev–Trinajstić information content (AvgIpc) is 2.05. The molecule has 3 atom stereocenters. The van der Waals surface area contributed by atoms with Gasteiger partial charge in [0.1, 0.15) is 0 Å². The highest BCUT2D eigenvalue weighted by molar-refractivity contribution is 4.69. The van der Waals surface area contributed by atoms with Crippen LogP contribution in [0.4, 0.5) is 0 Å². The highest BCUT2D eigenvalue weighted by Gasteiger charge is 2.13. The molecule has 0 N–H and O–H groups in total. The van der Waals surface area contributed by atoms with Crippen molar-refractivity contribution < 1.29 is 22.6 Å². The molecule has 0 nitrogen and oxygen atoms in total. The zero-order chi connectivity index (χ0) is 8.85. The Bertz CT molecular complexity index is 80.9. The zero-order valence-electron chi connectivity index (χ0n) is 8.23. The minimum absolute atomic E-state index is 0.882. The Kier molecular flexibility index (Phi) is 6.68. The van der Waals surface area contributed by atoms with E-state index in [1.54, 1.807) is 0 Å². The molecule has 0 bridgehead atoms. The first-order valence-electron chi connectivity index (χ1n) is 4.81. The summed E-state index contributed by atoms with van der Waals surface area (Å²) < 4.78 is 0.882. The van der Waals surface area contributed by atoms with E-state index in [-0.39, 0.29) is 0 Å². The molecule has 1 radical (unpaired) electrons. The predicted octanol–water partition coefficient (Wildman–Crippen LogP) is 0.391. The molecular weight excluding hydrogens is 247 g/mol. The Balaban J connectivity index is 3.92.